The normalized spacial score (nSPS) is 11.8. The molecule has 0 saturated carbocycles. The molecule has 0 aromatic carbocycles. The molecule has 0 fully saturated rings. The summed E-state index contributed by atoms with van der Waals surface area (Å²) in [4.78, 5) is 21.9. The first-order chi connectivity index (χ1) is 5.75. The molecule has 4 heteroatoms. The van der Waals surface area contributed by atoms with Gasteiger partial charge in [0.05, 0.1) is 0 Å². The highest BCUT2D eigenvalue weighted by Gasteiger charge is 2.30. The monoisotopic (exact) mass is 204 g/mol. The molecule has 0 aromatic heterocycles. The van der Waals surface area contributed by atoms with Gasteiger partial charge in [-0.25, -0.2) is 0 Å². The molecule has 13 heavy (non-hydrogen) atoms. The van der Waals surface area contributed by atoms with Gasteiger partial charge in [0.1, 0.15) is 4.75 Å². The van der Waals surface area contributed by atoms with Crippen molar-refractivity contribution in [2.45, 2.75) is 38.9 Å². The summed E-state index contributed by atoms with van der Waals surface area (Å²) in [6.07, 6.45) is 0.432. The van der Waals surface area contributed by atoms with Gasteiger partial charge in [0.2, 0.25) is 0 Å². The molecule has 0 radical (unpaired) electrons. The van der Waals surface area contributed by atoms with Gasteiger partial charge in [0, 0.05) is 6.42 Å². The molecule has 3 nitrogen and oxygen atoms in total. The Bertz CT molecular complexity index is 209. The van der Waals surface area contributed by atoms with Crippen LogP contribution in [0.3, 0.4) is 0 Å². The minimum atomic E-state index is -1.01. The van der Waals surface area contributed by atoms with Gasteiger partial charge in [-0.1, -0.05) is 25.6 Å². The lowest BCUT2D eigenvalue weighted by molar-refractivity contribution is -0.139. The van der Waals surface area contributed by atoms with E-state index in [9.17, 15) is 9.59 Å². The SMILES string of the molecule is CC(C)CC(=O)SC(C)(C)C(=O)O. The van der Waals surface area contributed by atoms with Gasteiger partial charge in [-0.3, -0.25) is 9.59 Å². The first-order valence-corrected chi connectivity index (χ1v) is 5.02. The van der Waals surface area contributed by atoms with E-state index in [1.165, 1.54) is 13.8 Å². The molecule has 1 N–H and O–H groups in total. The summed E-state index contributed by atoms with van der Waals surface area (Å²) < 4.78 is -1.01. The van der Waals surface area contributed by atoms with E-state index in [-0.39, 0.29) is 11.0 Å². The summed E-state index contributed by atoms with van der Waals surface area (Å²) in [5.41, 5.74) is 0. The molecule has 0 saturated heterocycles. The summed E-state index contributed by atoms with van der Waals surface area (Å²) in [7, 11) is 0. The van der Waals surface area contributed by atoms with Crippen molar-refractivity contribution >= 4 is 22.8 Å². The fourth-order valence-electron chi connectivity index (χ4n) is 0.703. The number of carboxylic acid groups (broad SMARTS) is 1. The van der Waals surface area contributed by atoms with Gasteiger partial charge in [0.15, 0.2) is 5.12 Å². The van der Waals surface area contributed by atoms with Crippen LogP contribution in [-0.2, 0) is 9.59 Å². The first-order valence-electron chi connectivity index (χ1n) is 4.21. The maximum atomic E-state index is 11.3. The Morgan fingerprint density at radius 2 is 1.85 bits per heavy atom. The second kappa shape index (κ2) is 4.65. The molecule has 0 aliphatic carbocycles. The Hall–Kier alpha value is -0.510. The average molecular weight is 204 g/mol. The zero-order valence-electron chi connectivity index (χ0n) is 8.46. The molecular weight excluding hydrogens is 188 g/mol. The highest BCUT2D eigenvalue weighted by Crippen LogP contribution is 2.27. The predicted molar refractivity (Wildman–Crippen MR) is 53.8 cm³/mol. The van der Waals surface area contributed by atoms with Crippen molar-refractivity contribution in [1.82, 2.24) is 0 Å². The van der Waals surface area contributed by atoms with E-state index in [0.717, 1.165) is 11.8 Å². The fraction of sp³-hybridized carbons (Fsp3) is 0.778. The molecule has 0 atom stereocenters. The molecule has 0 heterocycles. The largest absolute Gasteiger partial charge is 0.480 e. The summed E-state index contributed by atoms with van der Waals surface area (Å²) in [5.74, 6) is -0.667. The molecular formula is C9H16O3S. The van der Waals surface area contributed by atoms with E-state index in [1.807, 2.05) is 13.8 Å². The van der Waals surface area contributed by atoms with Crippen LogP contribution in [0.5, 0.6) is 0 Å². The number of rotatable bonds is 4. The maximum absolute atomic E-state index is 11.3. The Morgan fingerprint density at radius 1 is 1.38 bits per heavy atom. The number of carbonyl (C=O) groups excluding carboxylic acids is 1. The van der Waals surface area contributed by atoms with Crippen LogP contribution in [0.2, 0.25) is 0 Å². The zero-order chi connectivity index (χ0) is 10.6. The van der Waals surface area contributed by atoms with E-state index < -0.39 is 10.7 Å². The van der Waals surface area contributed by atoms with E-state index >= 15 is 0 Å². The van der Waals surface area contributed by atoms with Crippen LogP contribution in [0.4, 0.5) is 0 Å². The molecule has 0 aliphatic rings. The van der Waals surface area contributed by atoms with Crippen molar-refractivity contribution in [3.63, 3.8) is 0 Å². The number of carbonyl (C=O) groups is 2. The minimum absolute atomic E-state index is 0.0533. The quantitative estimate of drug-likeness (QED) is 0.762. The summed E-state index contributed by atoms with van der Waals surface area (Å²) in [6.45, 7) is 6.95. The highest BCUT2D eigenvalue weighted by molar-refractivity contribution is 8.15. The molecule has 0 bridgehead atoms. The van der Waals surface area contributed by atoms with Crippen molar-refractivity contribution in [3.8, 4) is 0 Å². The van der Waals surface area contributed by atoms with Crippen molar-refractivity contribution in [2.24, 2.45) is 5.92 Å². The molecule has 0 spiro atoms. The smallest absolute Gasteiger partial charge is 0.319 e. The van der Waals surface area contributed by atoms with E-state index in [1.54, 1.807) is 0 Å². The van der Waals surface area contributed by atoms with Crippen LogP contribution in [0.25, 0.3) is 0 Å². The van der Waals surface area contributed by atoms with Crippen LogP contribution in [-0.4, -0.2) is 20.9 Å². The summed E-state index contributed by atoms with van der Waals surface area (Å²) >= 11 is 0.900. The van der Waals surface area contributed by atoms with Gasteiger partial charge in [0.25, 0.3) is 0 Å². The Balaban J connectivity index is 4.12. The molecule has 0 unspecified atom stereocenters. The Morgan fingerprint density at radius 3 is 2.15 bits per heavy atom. The number of hydrogen-bond acceptors (Lipinski definition) is 3. The minimum Gasteiger partial charge on any atom is -0.480 e. The summed E-state index contributed by atoms with van der Waals surface area (Å²) in [5, 5.41) is 8.70. The third-order valence-electron chi connectivity index (χ3n) is 1.46. The van der Waals surface area contributed by atoms with Crippen LogP contribution in [0.15, 0.2) is 0 Å². The molecule has 76 valence electrons. The van der Waals surface area contributed by atoms with Crippen molar-refractivity contribution in [3.05, 3.63) is 0 Å². The van der Waals surface area contributed by atoms with Crippen LogP contribution in [0.1, 0.15) is 34.1 Å². The molecule has 0 amide bonds. The third-order valence-corrected chi connectivity index (χ3v) is 2.54. The second-order valence-corrected chi connectivity index (χ2v) is 5.57. The van der Waals surface area contributed by atoms with Crippen molar-refractivity contribution in [2.75, 3.05) is 0 Å². The fourth-order valence-corrected chi connectivity index (χ4v) is 1.78. The maximum Gasteiger partial charge on any atom is 0.319 e. The standard InChI is InChI=1S/C9H16O3S/c1-6(2)5-7(10)13-9(3,4)8(11)12/h6H,5H2,1-4H3,(H,11,12). The Kier molecular flexibility index (Phi) is 4.47. The number of aliphatic carboxylic acids is 1. The number of carboxylic acids is 1. The second-order valence-electron chi connectivity index (χ2n) is 3.89. The van der Waals surface area contributed by atoms with Crippen LogP contribution >= 0.6 is 11.8 Å². The lowest BCUT2D eigenvalue weighted by Gasteiger charge is -2.17. The van der Waals surface area contributed by atoms with E-state index in [0.29, 0.717) is 6.42 Å². The Labute approximate surface area is 82.9 Å². The number of hydrogen-bond donors (Lipinski definition) is 1. The summed E-state index contributed by atoms with van der Waals surface area (Å²) in [6, 6.07) is 0. The average Bonchev–Trinajstić information content (AvgIpc) is 1.82. The first kappa shape index (κ1) is 12.5. The van der Waals surface area contributed by atoms with Gasteiger partial charge < -0.3 is 5.11 Å². The lowest BCUT2D eigenvalue weighted by Crippen LogP contribution is -2.29. The van der Waals surface area contributed by atoms with Gasteiger partial charge in [-0.05, 0) is 19.8 Å². The predicted octanol–water partition coefficient (Wildman–Crippen LogP) is 2.16. The molecule has 0 aliphatic heterocycles. The van der Waals surface area contributed by atoms with Crippen LogP contribution < -0.4 is 0 Å². The van der Waals surface area contributed by atoms with Gasteiger partial charge in [-0.15, -0.1) is 0 Å². The van der Waals surface area contributed by atoms with Gasteiger partial charge >= 0.3 is 5.97 Å². The topological polar surface area (TPSA) is 54.4 Å². The van der Waals surface area contributed by atoms with Crippen molar-refractivity contribution < 1.29 is 14.7 Å². The zero-order valence-corrected chi connectivity index (χ0v) is 9.27. The molecule has 0 aromatic rings. The van der Waals surface area contributed by atoms with E-state index in [2.05, 4.69) is 0 Å². The van der Waals surface area contributed by atoms with E-state index in [4.69, 9.17) is 5.11 Å². The van der Waals surface area contributed by atoms with Crippen LogP contribution in [0, 0.1) is 5.92 Å². The van der Waals surface area contributed by atoms with Crippen molar-refractivity contribution in [1.29, 1.82) is 0 Å². The highest BCUT2D eigenvalue weighted by atomic mass is 32.2. The molecule has 0 rings (SSSR count). The lowest BCUT2D eigenvalue weighted by atomic mass is 10.2. The van der Waals surface area contributed by atoms with Gasteiger partial charge in [-0.2, -0.15) is 0 Å². The number of thioether (sulfide) groups is 1. The third kappa shape index (κ3) is 4.93.